The first-order valence-corrected chi connectivity index (χ1v) is 5.01. The molecule has 0 fully saturated rings. The Balaban J connectivity index is 2.43. The zero-order chi connectivity index (χ0) is 12.4. The maximum atomic E-state index is 10.9. The molecule has 1 N–H and O–H groups in total. The summed E-state index contributed by atoms with van der Waals surface area (Å²) in [5, 5.41) is 8.90. The molecule has 0 saturated carbocycles. The van der Waals surface area contributed by atoms with E-state index < -0.39 is 5.97 Å². The van der Waals surface area contributed by atoms with Crippen LogP contribution in [0.2, 0.25) is 0 Å². The number of carboxylic acid groups (broad SMARTS) is 1. The Morgan fingerprint density at radius 3 is 2.59 bits per heavy atom. The van der Waals surface area contributed by atoms with Gasteiger partial charge < -0.3 is 9.52 Å². The highest BCUT2D eigenvalue weighted by Crippen LogP contribution is 2.24. The number of aryl methyl sites for hydroxylation is 1. The molecular weight excluding hydrogens is 220 g/mol. The number of benzene rings is 1. The fraction of sp³-hybridized carbons (Fsp3) is 0.0769. The van der Waals surface area contributed by atoms with Gasteiger partial charge in [0.05, 0.1) is 5.56 Å². The first-order valence-electron chi connectivity index (χ1n) is 5.01. The molecule has 2 aromatic rings. The maximum Gasteiger partial charge on any atom is 0.335 e. The van der Waals surface area contributed by atoms with Gasteiger partial charge in [-0.2, -0.15) is 0 Å². The molecule has 0 atom stereocenters. The molecule has 1 heterocycles. The summed E-state index contributed by atoms with van der Waals surface area (Å²) in [5.74, 6) is -0.158. The highest BCUT2D eigenvalue weighted by Gasteiger charge is 2.10. The van der Waals surface area contributed by atoms with Gasteiger partial charge in [0.15, 0.2) is 12.0 Å². The van der Waals surface area contributed by atoms with E-state index in [4.69, 9.17) is 9.52 Å². The summed E-state index contributed by atoms with van der Waals surface area (Å²) >= 11 is 0. The van der Waals surface area contributed by atoms with E-state index in [1.807, 2.05) is 0 Å². The van der Waals surface area contributed by atoms with Crippen LogP contribution in [-0.4, -0.2) is 17.4 Å². The number of carbonyl (C=O) groups excluding carboxylic acids is 1. The minimum absolute atomic E-state index is 0.250. The van der Waals surface area contributed by atoms with E-state index in [0.29, 0.717) is 17.6 Å². The minimum Gasteiger partial charge on any atom is -0.478 e. The molecule has 0 spiro atoms. The number of rotatable bonds is 3. The monoisotopic (exact) mass is 230 g/mol. The predicted octanol–water partition coefficient (Wildman–Crippen LogP) is 2.77. The summed E-state index contributed by atoms with van der Waals surface area (Å²) in [7, 11) is 0. The number of aldehydes is 1. The van der Waals surface area contributed by atoms with Crippen LogP contribution in [0.4, 0.5) is 0 Å². The largest absolute Gasteiger partial charge is 0.478 e. The van der Waals surface area contributed by atoms with Crippen LogP contribution in [-0.2, 0) is 0 Å². The van der Waals surface area contributed by atoms with E-state index in [1.54, 1.807) is 31.2 Å². The van der Waals surface area contributed by atoms with Crippen LogP contribution in [0, 0.1) is 6.92 Å². The van der Waals surface area contributed by atoms with Crippen LogP contribution < -0.4 is 0 Å². The van der Waals surface area contributed by atoms with E-state index in [1.165, 1.54) is 6.07 Å². The Hall–Kier alpha value is -2.36. The van der Waals surface area contributed by atoms with Crippen molar-refractivity contribution in [3.8, 4) is 11.3 Å². The van der Waals surface area contributed by atoms with Crippen molar-refractivity contribution < 1.29 is 19.1 Å². The average Bonchev–Trinajstić information content (AvgIpc) is 2.76. The predicted molar refractivity (Wildman–Crippen MR) is 61.2 cm³/mol. The number of furan rings is 1. The summed E-state index contributed by atoms with van der Waals surface area (Å²) in [6, 6.07) is 8.15. The van der Waals surface area contributed by atoms with Crippen LogP contribution in [0.5, 0.6) is 0 Å². The van der Waals surface area contributed by atoms with Crippen LogP contribution >= 0.6 is 0 Å². The Bertz CT molecular complexity index is 581. The number of hydrogen-bond donors (Lipinski definition) is 1. The zero-order valence-corrected chi connectivity index (χ0v) is 9.14. The van der Waals surface area contributed by atoms with E-state index in [0.717, 1.165) is 5.56 Å². The van der Waals surface area contributed by atoms with Crippen molar-refractivity contribution in [1.29, 1.82) is 0 Å². The highest BCUT2D eigenvalue weighted by atomic mass is 16.4. The van der Waals surface area contributed by atoms with Gasteiger partial charge in [0.1, 0.15) is 5.76 Å². The van der Waals surface area contributed by atoms with Crippen molar-refractivity contribution in [1.82, 2.24) is 0 Å². The molecule has 4 heteroatoms. The highest BCUT2D eigenvalue weighted by molar-refractivity contribution is 5.90. The lowest BCUT2D eigenvalue weighted by Crippen LogP contribution is -1.99. The number of hydrogen-bond acceptors (Lipinski definition) is 3. The van der Waals surface area contributed by atoms with Crippen molar-refractivity contribution in [2.45, 2.75) is 6.92 Å². The third-order valence-electron chi connectivity index (χ3n) is 2.48. The van der Waals surface area contributed by atoms with Gasteiger partial charge in [0.2, 0.25) is 0 Å². The fourth-order valence-electron chi connectivity index (χ4n) is 1.63. The molecule has 2 rings (SSSR count). The summed E-state index contributed by atoms with van der Waals surface area (Å²) in [5.41, 5.74) is 1.66. The van der Waals surface area contributed by atoms with E-state index in [2.05, 4.69) is 0 Å². The normalized spacial score (nSPS) is 10.2. The number of carbonyl (C=O) groups is 2. The molecule has 17 heavy (non-hydrogen) atoms. The van der Waals surface area contributed by atoms with Gasteiger partial charge in [-0.25, -0.2) is 4.79 Å². The van der Waals surface area contributed by atoms with Crippen LogP contribution in [0.25, 0.3) is 11.3 Å². The maximum absolute atomic E-state index is 10.9. The fourth-order valence-corrected chi connectivity index (χ4v) is 1.63. The quantitative estimate of drug-likeness (QED) is 0.823. The smallest absolute Gasteiger partial charge is 0.335 e. The Labute approximate surface area is 97.5 Å². The van der Waals surface area contributed by atoms with Crippen molar-refractivity contribution in [2.75, 3.05) is 0 Å². The molecule has 0 unspecified atom stereocenters. The third-order valence-corrected chi connectivity index (χ3v) is 2.48. The van der Waals surface area contributed by atoms with Crippen LogP contribution in [0.3, 0.4) is 0 Å². The van der Waals surface area contributed by atoms with Gasteiger partial charge in [0.25, 0.3) is 0 Å². The Morgan fingerprint density at radius 1 is 1.29 bits per heavy atom. The van der Waals surface area contributed by atoms with E-state index in [-0.39, 0.29) is 11.3 Å². The standard InChI is InChI=1S/C13H10O4/c1-8-6-9(2-4-11(8)13(15)16)12-5-3-10(7-14)17-12/h2-7H,1H3,(H,15,16). The lowest BCUT2D eigenvalue weighted by Gasteiger charge is -2.02. The minimum atomic E-state index is -0.956. The van der Waals surface area contributed by atoms with Gasteiger partial charge in [0, 0.05) is 5.56 Å². The second kappa shape index (κ2) is 4.25. The van der Waals surface area contributed by atoms with E-state index in [9.17, 15) is 9.59 Å². The van der Waals surface area contributed by atoms with Gasteiger partial charge in [-0.1, -0.05) is 6.07 Å². The van der Waals surface area contributed by atoms with Gasteiger partial charge in [-0.05, 0) is 36.8 Å². The molecule has 1 aromatic heterocycles. The summed E-state index contributed by atoms with van der Waals surface area (Å²) in [6.07, 6.45) is 0.627. The van der Waals surface area contributed by atoms with Crippen molar-refractivity contribution >= 4 is 12.3 Å². The Kier molecular flexibility index (Phi) is 2.78. The molecule has 1 aromatic carbocycles. The number of carboxylic acids is 1. The molecule has 86 valence electrons. The van der Waals surface area contributed by atoms with Gasteiger partial charge in [-0.3, -0.25) is 4.79 Å². The zero-order valence-electron chi connectivity index (χ0n) is 9.14. The summed E-state index contributed by atoms with van der Waals surface area (Å²) in [4.78, 5) is 21.3. The molecular formula is C13H10O4. The molecule has 0 aliphatic rings. The third kappa shape index (κ3) is 2.10. The van der Waals surface area contributed by atoms with Crippen molar-refractivity contribution in [3.63, 3.8) is 0 Å². The molecule has 0 saturated heterocycles. The van der Waals surface area contributed by atoms with Crippen molar-refractivity contribution in [2.24, 2.45) is 0 Å². The average molecular weight is 230 g/mol. The molecule has 0 aliphatic carbocycles. The van der Waals surface area contributed by atoms with Crippen LogP contribution in [0.15, 0.2) is 34.7 Å². The van der Waals surface area contributed by atoms with Gasteiger partial charge in [-0.15, -0.1) is 0 Å². The first-order chi connectivity index (χ1) is 8.11. The number of aromatic carboxylic acids is 1. The summed E-state index contributed by atoms with van der Waals surface area (Å²) in [6.45, 7) is 1.72. The summed E-state index contributed by atoms with van der Waals surface area (Å²) < 4.78 is 5.26. The van der Waals surface area contributed by atoms with Crippen LogP contribution in [0.1, 0.15) is 26.5 Å². The Morgan fingerprint density at radius 2 is 2.06 bits per heavy atom. The lowest BCUT2D eigenvalue weighted by atomic mass is 10.0. The lowest BCUT2D eigenvalue weighted by molar-refractivity contribution is 0.0696. The first kappa shape index (κ1) is 11.1. The van der Waals surface area contributed by atoms with Crippen molar-refractivity contribution in [3.05, 3.63) is 47.2 Å². The molecule has 4 nitrogen and oxygen atoms in total. The second-order valence-electron chi connectivity index (χ2n) is 3.65. The SMILES string of the molecule is Cc1cc(-c2ccc(C=O)o2)ccc1C(=O)O. The molecule has 0 bridgehead atoms. The topological polar surface area (TPSA) is 67.5 Å². The van der Waals surface area contributed by atoms with E-state index >= 15 is 0 Å². The van der Waals surface area contributed by atoms with Gasteiger partial charge >= 0.3 is 5.97 Å². The molecule has 0 radical (unpaired) electrons. The molecule has 0 aliphatic heterocycles. The molecule has 0 amide bonds. The second-order valence-corrected chi connectivity index (χ2v) is 3.65.